The Labute approximate surface area is 160 Å². The van der Waals surface area contributed by atoms with Crippen molar-refractivity contribution >= 4 is 0 Å². The van der Waals surface area contributed by atoms with Gasteiger partial charge in [0.2, 0.25) is 5.75 Å². The molecule has 1 unspecified atom stereocenters. The zero-order valence-corrected chi connectivity index (χ0v) is 16.7. The molecule has 2 N–H and O–H groups in total. The van der Waals surface area contributed by atoms with Gasteiger partial charge in [0.05, 0.1) is 28.4 Å². The third-order valence-electron chi connectivity index (χ3n) is 5.76. The molecule has 0 saturated heterocycles. The van der Waals surface area contributed by atoms with Crippen molar-refractivity contribution in [3.63, 3.8) is 0 Å². The molecule has 0 amide bonds. The molecule has 0 spiro atoms. The summed E-state index contributed by atoms with van der Waals surface area (Å²) in [6, 6.07) is 3.89. The van der Waals surface area contributed by atoms with Crippen molar-refractivity contribution in [2.45, 2.75) is 30.9 Å². The third-order valence-corrected chi connectivity index (χ3v) is 5.76. The maximum absolute atomic E-state index is 6.42. The number of rotatable bonds is 6. The van der Waals surface area contributed by atoms with Gasteiger partial charge in [0.25, 0.3) is 0 Å². The van der Waals surface area contributed by atoms with Crippen molar-refractivity contribution < 1.29 is 23.7 Å². The normalized spacial score (nSPS) is 27.2. The highest BCUT2D eigenvalue weighted by molar-refractivity contribution is 5.57. The number of hydrogen-bond acceptors (Lipinski definition) is 6. The van der Waals surface area contributed by atoms with E-state index in [2.05, 4.69) is 6.08 Å². The first-order chi connectivity index (χ1) is 13.1. The van der Waals surface area contributed by atoms with Crippen LogP contribution in [0.1, 0.15) is 24.8 Å². The molecule has 2 aliphatic rings. The van der Waals surface area contributed by atoms with Gasteiger partial charge in [0.15, 0.2) is 17.1 Å². The van der Waals surface area contributed by atoms with E-state index in [0.29, 0.717) is 17.2 Å². The molecule has 1 aromatic rings. The fourth-order valence-corrected chi connectivity index (χ4v) is 4.50. The SMILES string of the molecule is COC1=CC=C2[C@H](N)CCC[C@@H]2C1(OC)c1cc(OC)c(OC)c(OC)c1. The summed E-state index contributed by atoms with van der Waals surface area (Å²) in [4.78, 5) is 0. The molecule has 6 nitrogen and oxygen atoms in total. The lowest BCUT2D eigenvalue weighted by atomic mass is 9.65. The van der Waals surface area contributed by atoms with E-state index in [1.165, 1.54) is 5.57 Å². The predicted octanol–water partition coefficient (Wildman–Crippen LogP) is 3.15. The first-order valence-corrected chi connectivity index (χ1v) is 9.14. The Morgan fingerprint density at radius 1 is 0.889 bits per heavy atom. The highest BCUT2D eigenvalue weighted by Crippen LogP contribution is 2.53. The Balaban J connectivity index is 2.25. The molecule has 0 radical (unpaired) electrons. The van der Waals surface area contributed by atoms with Crippen LogP contribution < -0.4 is 19.9 Å². The number of ether oxygens (including phenoxy) is 5. The minimum absolute atomic E-state index is 0.0231. The minimum Gasteiger partial charge on any atom is -0.498 e. The second kappa shape index (κ2) is 7.82. The molecule has 2 aliphatic carbocycles. The van der Waals surface area contributed by atoms with Gasteiger partial charge in [-0.2, -0.15) is 0 Å². The largest absolute Gasteiger partial charge is 0.498 e. The smallest absolute Gasteiger partial charge is 0.203 e. The minimum atomic E-state index is -0.802. The molecule has 0 aromatic heterocycles. The zero-order chi connectivity index (χ0) is 19.6. The second-order valence-electron chi connectivity index (χ2n) is 6.85. The van der Waals surface area contributed by atoms with Crippen LogP contribution in [0.3, 0.4) is 0 Å². The Kier molecular flexibility index (Phi) is 5.67. The lowest BCUT2D eigenvalue weighted by Gasteiger charge is -2.47. The fourth-order valence-electron chi connectivity index (χ4n) is 4.50. The third kappa shape index (κ3) is 2.97. The summed E-state index contributed by atoms with van der Waals surface area (Å²) in [5, 5.41) is 0. The van der Waals surface area contributed by atoms with E-state index < -0.39 is 5.60 Å². The van der Waals surface area contributed by atoms with E-state index in [1.807, 2.05) is 18.2 Å². The van der Waals surface area contributed by atoms with Gasteiger partial charge in [-0.15, -0.1) is 0 Å². The predicted molar refractivity (Wildman–Crippen MR) is 103 cm³/mol. The van der Waals surface area contributed by atoms with Crippen molar-refractivity contribution in [3.05, 3.63) is 41.2 Å². The van der Waals surface area contributed by atoms with Crippen LogP contribution in [0.5, 0.6) is 17.2 Å². The summed E-state index contributed by atoms with van der Waals surface area (Å²) < 4.78 is 28.6. The van der Waals surface area contributed by atoms with Gasteiger partial charge in [-0.1, -0.05) is 12.5 Å². The van der Waals surface area contributed by atoms with Crippen molar-refractivity contribution in [3.8, 4) is 17.2 Å². The molecule has 1 saturated carbocycles. The Morgan fingerprint density at radius 2 is 1.56 bits per heavy atom. The molecular formula is C21H29NO5. The summed E-state index contributed by atoms with van der Waals surface area (Å²) in [5.41, 5.74) is 7.70. The maximum atomic E-state index is 6.42. The van der Waals surface area contributed by atoms with Crippen LogP contribution in [-0.2, 0) is 15.1 Å². The Hall–Kier alpha value is -2.18. The van der Waals surface area contributed by atoms with Gasteiger partial charge < -0.3 is 29.4 Å². The molecule has 148 valence electrons. The first kappa shape index (κ1) is 19.6. The summed E-state index contributed by atoms with van der Waals surface area (Å²) in [6.45, 7) is 0. The summed E-state index contributed by atoms with van der Waals surface area (Å²) in [7, 11) is 8.18. The van der Waals surface area contributed by atoms with Crippen LogP contribution in [0, 0.1) is 5.92 Å². The van der Waals surface area contributed by atoms with Crippen LogP contribution in [0.25, 0.3) is 0 Å². The van der Waals surface area contributed by atoms with E-state index in [0.717, 1.165) is 30.6 Å². The van der Waals surface area contributed by atoms with Gasteiger partial charge in [-0.3, -0.25) is 0 Å². The maximum Gasteiger partial charge on any atom is 0.203 e. The van der Waals surface area contributed by atoms with Gasteiger partial charge in [0, 0.05) is 19.1 Å². The first-order valence-electron chi connectivity index (χ1n) is 9.14. The molecule has 0 aliphatic heterocycles. The highest BCUT2D eigenvalue weighted by Gasteiger charge is 2.51. The summed E-state index contributed by atoms with van der Waals surface area (Å²) in [5.74, 6) is 2.52. The number of benzene rings is 1. The monoisotopic (exact) mass is 375 g/mol. The zero-order valence-electron chi connectivity index (χ0n) is 16.7. The molecule has 3 atom stereocenters. The van der Waals surface area contributed by atoms with Crippen LogP contribution in [0.2, 0.25) is 0 Å². The van der Waals surface area contributed by atoms with E-state index in [-0.39, 0.29) is 12.0 Å². The van der Waals surface area contributed by atoms with Gasteiger partial charge in [-0.25, -0.2) is 0 Å². The average Bonchev–Trinajstić information content (AvgIpc) is 2.71. The average molecular weight is 375 g/mol. The quantitative estimate of drug-likeness (QED) is 0.823. The van der Waals surface area contributed by atoms with Gasteiger partial charge in [0.1, 0.15) is 5.76 Å². The van der Waals surface area contributed by atoms with Crippen LogP contribution in [0.4, 0.5) is 0 Å². The second-order valence-corrected chi connectivity index (χ2v) is 6.85. The molecule has 1 fully saturated rings. The molecule has 0 bridgehead atoms. The number of nitrogens with two attached hydrogens (primary N) is 1. The number of allylic oxidation sites excluding steroid dienone is 2. The summed E-state index contributed by atoms with van der Waals surface area (Å²) in [6.07, 6.45) is 7.03. The molecular weight excluding hydrogens is 346 g/mol. The van der Waals surface area contributed by atoms with Crippen molar-refractivity contribution in [2.24, 2.45) is 11.7 Å². The van der Waals surface area contributed by atoms with Crippen LogP contribution in [-0.4, -0.2) is 41.6 Å². The molecule has 3 rings (SSSR count). The van der Waals surface area contributed by atoms with Gasteiger partial charge in [-0.05, 0) is 42.2 Å². The lowest BCUT2D eigenvalue weighted by molar-refractivity contribution is -0.0670. The number of fused-ring (bicyclic) bond motifs is 1. The fraction of sp³-hybridized carbons (Fsp3) is 0.524. The molecule has 0 heterocycles. The number of methoxy groups -OCH3 is 5. The highest BCUT2D eigenvalue weighted by atomic mass is 16.5. The topological polar surface area (TPSA) is 72.2 Å². The standard InChI is InChI=1S/C21H29NO5/c1-23-17-11-13(12-18(24-2)20(17)26-4)21(27-5)15-7-6-8-16(22)14(15)9-10-19(21)25-3/h9-12,15-16H,6-8,22H2,1-5H3/t15-,16+,21?/m0/s1. The van der Waals surface area contributed by atoms with Gasteiger partial charge >= 0.3 is 0 Å². The van der Waals surface area contributed by atoms with E-state index in [9.17, 15) is 0 Å². The number of hydrogen-bond donors (Lipinski definition) is 1. The molecule has 6 heteroatoms. The van der Waals surface area contributed by atoms with E-state index >= 15 is 0 Å². The van der Waals surface area contributed by atoms with Crippen molar-refractivity contribution in [1.29, 1.82) is 0 Å². The molecule has 1 aromatic carbocycles. The van der Waals surface area contributed by atoms with E-state index in [4.69, 9.17) is 29.4 Å². The summed E-state index contributed by atoms with van der Waals surface area (Å²) >= 11 is 0. The van der Waals surface area contributed by atoms with Crippen molar-refractivity contribution in [2.75, 3.05) is 35.5 Å². The Bertz CT molecular complexity index is 732. The van der Waals surface area contributed by atoms with E-state index in [1.54, 1.807) is 35.5 Å². The Morgan fingerprint density at radius 3 is 2.07 bits per heavy atom. The van der Waals surface area contributed by atoms with Crippen LogP contribution in [0.15, 0.2) is 35.6 Å². The van der Waals surface area contributed by atoms with Crippen LogP contribution >= 0.6 is 0 Å². The van der Waals surface area contributed by atoms with Crippen molar-refractivity contribution in [1.82, 2.24) is 0 Å². The molecule has 27 heavy (non-hydrogen) atoms. The lowest BCUT2D eigenvalue weighted by Crippen LogP contribution is -2.47.